The standard InChI is InChI=1S/C29H36N8O4/c1-19(2)37-18-22(28(38)33-25-14-23(31-5-10-39-4)21(15-30)16-32-25)27-24(37)13-20(17-36-8-6-35(3)7-9-36)26(34-27)29-40-11-12-41-29/h11-14,16,18-19,29H,5-10,17H2,1-4H3,(H2,31,32,33,38). The molecular formula is C29H36N8O4. The zero-order chi connectivity index (χ0) is 28.9. The van der Waals surface area contributed by atoms with E-state index >= 15 is 0 Å². The highest BCUT2D eigenvalue weighted by Gasteiger charge is 2.28. The molecule has 12 nitrogen and oxygen atoms in total. The number of fused-ring (bicyclic) bond motifs is 1. The van der Waals surface area contributed by atoms with Crippen molar-refractivity contribution in [1.82, 2.24) is 24.3 Å². The van der Waals surface area contributed by atoms with Crippen molar-refractivity contribution in [3.05, 3.63) is 59.4 Å². The number of aromatic nitrogens is 3. The second kappa shape index (κ2) is 12.6. The van der Waals surface area contributed by atoms with Gasteiger partial charge < -0.3 is 34.3 Å². The van der Waals surface area contributed by atoms with E-state index in [1.54, 1.807) is 13.2 Å². The number of pyridine rings is 2. The summed E-state index contributed by atoms with van der Waals surface area (Å²) in [5.41, 5.74) is 4.42. The molecule has 3 aromatic heterocycles. The van der Waals surface area contributed by atoms with Crippen molar-refractivity contribution < 1.29 is 19.0 Å². The zero-order valence-electron chi connectivity index (χ0n) is 23.9. The van der Waals surface area contributed by atoms with Gasteiger partial charge in [0.15, 0.2) is 0 Å². The molecule has 0 saturated carbocycles. The van der Waals surface area contributed by atoms with Gasteiger partial charge in [0, 0.05) is 70.9 Å². The molecule has 0 aliphatic carbocycles. The van der Waals surface area contributed by atoms with Gasteiger partial charge in [-0.1, -0.05) is 0 Å². The van der Waals surface area contributed by atoms with Gasteiger partial charge in [0.05, 0.1) is 28.9 Å². The first kappa shape index (κ1) is 28.4. The predicted molar refractivity (Wildman–Crippen MR) is 154 cm³/mol. The van der Waals surface area contributed by atoms with Crippen molar-refractivity contribution in [2.45, 2.75) is 32.7 Å². The lowest BCUT2D eigenvalue weighted by molar-refractivity contribution is -0.0289. The fourth-order valence-electron chi connectivity index (χ4n) is 4.99. The van der Waals surface area contributed by atoms with Crippen LogP contribution in [0.5, 0.6) is 0 Å². The maximum Gasteiger partial charge on any atom is 0.283 e. The minimum absolute atomic E-state index is 0.0912. The van der Waals surface area contributed by atoms with Crippen molar-refractivity contribution in [2.75, 3.05) is 64.1 Å². The van der Waals surface area contributed by atoms with E-state index < -0.39 is 6.29 Å². The van der Waals surface area contributed by atoms with E-state index in [1.165, 1.54) is 18.7 Å². The number of nitrogens with one attached hydrogen (secondary N) is 2. The fraction of sp³-hybridized carbons (Fsp3) is 0.448. The van der Waals surface area contributed by atoms with Gasteiger partial charge in [-0.2, -0.15) is 5.26 Å². The molecule has 1 fully saturated rings. The number of amides is 1. The third kappa shape index (κ3) is 6.27. The molecular weight excluding hydrogens is 524 g/mol. The Morgan fingerprint density at radius 1 is 1.22 bits per heavy atom. The lowest BCUT2D eigenvalue weighted by Crippen LogP contribution is -2.44. The number of hydrogen-bond acceptors (Lipinski definition) is 10. The van der Waals surface area contributed by atoms with E-state index in [-0.39, 0.29) is 11.9 Å². The van der Waals surface area contributed by atoms with E-state index in [9.17, 15) is 10.1 Å². The van der Waals surface area contributed by atoms with Crippen LogP contribution in [0.2, 0.25) is 0 Å². The summed E-state index contributed by atoms with van der Waals surface area (Å²) < 4.78 is 18.6. The number of hydrogen-bond donors (Lipinski definition) is 2. The van der Waals surface area contributed by atoms with Crippen molar-refractivity contribution >= 4 is 28.4 Å². The molecule has 2 aliphatic rings. The first-order valence-corrected chi connectivity index (χ1v) is 13.7. The topological polar surface area (TPSA) is 130 Å². The lowest BCUT2D eigenvalue weighted by atomic mass is 10.1. The summed E-state index contributed by atoms with van der Waals surface area (Å²) in [4.78, 5) is 27.7. The minimum Gasteiger partial charge on any atom is -0.454 e. The molecule has 5 rings (SSSR count). The maximum absolute atomic E-state index is 13.7. The number of ether oxygens (including phenoxy) is 3. The summed E-state index contributed by atoms with van der Waals surface area (Å²) in [6.45, 7) is 9.74. The average Bonchev–Trinajstić information content (AvgIpc) is 3.63. The van der Waals surface area contributed by atoms with Crippen LogP contribution in [-0.2, 0) is 20.8 Å². The fourth-order valence-corrected chi connectivity index (χ4v) is 4.99. The Hall–Kier alpha value is -4.18. The van der Waals surface area contributed by atoms with Gasteiger partial charge in [0.1, 0.15) is 35.6 Å². The maximum atomic E-state index is 13.7. The second-order valence-electron chi connectivity index (χ2n) is 10.5. The van der Waals surface area contributed by atoms with Gasteiger partial charge in [-0.05, 0) is 32.5 Å². The van der Waals surface area contributed by atoms with Crippen molar-refractivity contribution in [2.24, 2.45) is 0 Å². The summed E-state index contributed by atoms with van der Waals surface area (Å²) in [5, 5.41) is 15.5. The first-order valence-electron chi connectivity index (χ1n) is 13.7. The van der Waals surface area contributed by atoms with Crippen LogP contribution in [0.4, 0.5) is 11.5 Å². The molecule has 2 aliphatic heterocycles. The molecule has 0 unspecified atom stereocenters. The van der Waals surface area contributed by atoms with Gasteiger partial charge in [0.2, 0.25) is 0 Å². The van der Waals surface area contributed by atoms with E-state index in [4.69, 9.17) is 19.2 Å². The van der Waals surface area contributed by atoms with Crippen LogP contribution < -0.4 is 10.6 Å². The summed E-state index contributed by atoms with van der Waals surface area (Å²) in [7, 11) is 3.74. The van der Waals surface area contributed by atoms with Crippen LogP contribution in [0.15, 0.2) is 37.1 Å². The SMILES string of the molecule is COCCNc1cc(NC(=O)c2cn(C(C)C)c3cc(CN4CCN(C)CC4)c(C4OC=CO4)nc23)ncc1C#N. The Bertz CT molecular complexity index is 1460. The van der Waals surface area contributed by atoms with Crippen LogP contribution in [0.3, 0.4) is 0 Å². The molecule has 2 N–H and O–H groups in total. The quantitative estimate of drug-likeness (QED) is 0.356. The zero-order valence-corrected chi connectivity index (χ0v) is 23.9. The number of piperazine rings is 1. The van der Waals surface area contributed by atoms with Crippen LogP contribution in [0, 0.1) is 11.3 Å². The lowest BCUT2D eigenvalue weighted by Gasteiger charge is -2.32. The number of carbonyl (C=O) groups is 1. The highest BCUT2D eigenvalue weighted by molar-refractivity contribution is 6.11. The van der Waals surface area contributed by atoms with E-state index in [2.05, 4.69) is 63.0 Å². The van der Waals surface area contributed by atoms with E-state index in [0.29, 0.717) is 53.5 Å². The molecule has 0 aromatic carbocycles. The molecule has 3 aromatic rings. The minimum atomic E-state index is -0.680. The van der Waals surface area contributed by atoms with E-state index in [1.807, 2.05) is 6.20 Å². The normalized spacial score (nSPS) is 16.1. The van der Waals surface area contributed by atoms with E-state index in [0.717, 1.165) is 37.3 Å². The van der Waals surface area contributed by atoms with Crippen LogP contribution in [0.1, 0.15) is 53.4 Å². The molecule has 1 saturated heterocycles. The average molecular weight is 561 g/mol. The van der Waals surface area contributed by atoms with Crippen molar-refractivity contribution in [1.29, 1.82) is 5.26 Å². The number of likely N-dealkylation sites (N-methyl/N-ethyl adjacent to an activating group) is 1. The number of nitriles is 1. The Labute approximate surface area is 239 Å². The molecule has 0 spiro atoms. The van der Waals surface area contributed by atoms with Gasteiger partial charge in [0.25, 0.3) is 12.2 Å². The number of rotatable bonds is 10. The Balaban J connectivity index is 1.49. The number of methoxy groups -OCH3 is 1. The number of carbonyl (C=O) groups excluding carboxylic acids is 1. The van der Waals surface area contributed by atoms with Crippen LogP contribution >= 0.6 is 0 Å². The Morgan fingerprint density at radius 3 is 2.66 bits per heavy atom. The van der Waals surface area contributed by atoms with Crippen LogP contribution in [-0.4, -0.2) is 83.7 Å². The van der Waals surface area contributed by atoms with Crippen LogP contribution in [0.25, 0.3) is 11.0 Å². The largest absolute Gasteiger partial charge is 0.454 e. The molecule has 41 heavy (non-hydrogen) atoms. The highest BCUT2D eigenvalue weighted by Crippen LogP contribution is 2.33. The molecule has 12 heteroatoms. The summed E-state index contributed by atoms with van der Waals surface area (Å²) in [6, 6.07) is 5.96. The number of nitrogens with zero attached hydrogens (tertiary/aromatic N) is 6. The number of anilines is 2. The van der Waals surface area contributed by atoms with Gasteiger partial charge >= 0.3 is 0 Å². The third-order valence-corrected chi connectivity index (χ3v) is 7.28. The smallest absolute Gasteiger partial charge is 0.283 e. The third-order valence-electron chi connectivity index (χ3n) is 7.28. The summed E-state index contributed by atoms with van der Waals surface area (Å²) in [6.07, 6.45) is 5.61. The second-order valence-corrected chi connectivity index (χ2v) is 10.5. The highest BCUT2D eigenvalue weighted by atomic mass is 16.7. The molecule has 0 bridgehead atoms. The van der Waals surface area contributed by atoms with Crippen molar-refractivity contribution in [3.63, 3.8) is 0 Å². The Kier molecular flexibility index (Phi) is 8.68. The van der Waals surface area contributed by atoms with Crippen molar-refractivity contribution in [3.8, 4) is 6.07 Å². The van der Waals surface area contributed by atoms with Gasteiger partial charge in [-0.25, -0.2) is 9.97 Å². The van der Waals surface area contributed by atoms with Gasteiger partial charge in [-0.3, -0.25) is 9.69 Å². The molecule has 1 amide bonds. The summed E-state index contributed by atoms with van der Waals surface area (Å²) in [5.74, 6) is -0.0379. The first-order chi connectivity index (χ1) is 19.9. The molecule has 216 valence electrons. The molecule has 0 atom stereocenters. The summed E-state index contributed by atoms with van der Waals surface area (Å²) >= 11 is 0. The molecule has 0 radical (unpaired) electrons. The predicted octanol–water partition coefficient (Wildman–Crippen LogP) is 3.46. The molecule has 5 heterocycles. The monoisotopic (exact) mass is 560 g/mol. The van der Waals surface area contributed by atoms with Gasteiger partial charge in [-0.15, -0.1) is 0 Å². The Morgan fingerprint density at radius 2 is 1.98 bits per heavy atom.